The molecule has 3 heterocycles. The quantitative estimate of drug-likeness (QED) is 0.235. The number of hydrogen-bond acceptors (Lipinski definition) is 6. The lowest BCUT2D eigenvalue weighted by Crippen LogP contribution is -2.24. The van der Waals surface area contributed by atoms with E-state index in [0.717, 1.165) is 38.6 Å². The number of benzene rings is 2. The van der Waals surface area contributed by atoms with Gasteiger partial charge < -0.3 is 9.47 Å². The van der Waals surface area contributed by atoms with Crippen LogP contribution in [0.2, 0.25) is 0 Å². The second kappa shape index (κ2) is 10.8. The second-order valence-electron chi connectivity index (χ2n) is 10.1. The molecular formula is C32H34N4O2. The molecule has 0 saturated carbocycles. The smallest absolute Gasteiger partial charge is 0.218 e. The number of aryl methyl sites for hydroxylation is 4. The molecule has 5 rings (SSSR count). The van der Waals surface area contributed by atoms with Crippen LogP contribution in [0.4, 0.5) is 0 Å². The van der Waals surface area contributed by atoms with Gasteiger partial charge >= 0.3 is 0 Å². The molecule has 0 bridgehead atoms. The van der Waals surface area contributed by atoms with E-state index < -0.39 is 0 Å². The maximum atomic E-state index is 5.77. The van der Waals surface area contributed by atoms with E-state index >= 15 is 0 Å². The van der Waals surface area contributed by atoms with Crippen molar-refractivity contribution in [3.05, 3.63) is 99.9 Å². The van der Waals surface area contributed by atoms with E-state index in [1.165, 1.54) is 22.3 Å². The fraction of sp³-hybridized carbons (Fsp3) is 0.281. The summed E-state index contributed by atoms with van der Waals surface area (Å²) in [5.41, 5.74) is 9.75. The van der Waals surface area contributed by atoms with Crippen LogP contribution < -0.4 is 9.47 Å². The Bertz CT molecular complexity index is 1510. The Morgan fingerprint density at radius 1 is 0.658 bits per heavy atom. The SMILES string of the molecule is COc1nc2cc(C)cc(C)c2cc1CN(Cc1ccccn1)Cc1cc2c(C)cc(C)cc2nc1OC. The van der Waals surface area contributed by atoms with E-state index in [1.54, 1.807) is 14.2 Å². The number of pyridine rings is 3. The Morgan fingerprint density at radius 2 is 1.18 bits per heavy atom. The minimum atomic E-state index is 0.629. The topological polar surface area (TPSA) is 60.4 Å². The number of hydrogen-bond donors (Lipinski definition) is 0. The molecule has 0 amide bonds. The first-order valence-electron chi connectivity index (χ1n) is 12.9. The lowest BCUT2D eigenvalue weighted by Gasteiger charge is -2.24. The third-order valence-corrected chi connectivity index (χ3v) is 6.94. The zero-order valence-corrected chi connectivity index (χ0v) is 23.0. The Balaban J connectivity index is 1.57. The normalized spacial score (nSPS) is 11.4. The van der Waals surface area contributed by atoms with Gasteiger partial charge in [-0.25, -0.2) is 9.97 Å². The molecule has 0 unspecified atom stereocenters. The van der Waals surface area contributed by atoms with Crippen LogP contribution >= 0.6 is 0 Å². The number of methoxy groups -OCH3 is 2. The van der Waals surface area contributed by atoms with E-state index in [2.05, 4.69) is 80.0 Å². The van der Waals surface area contributed by atoms with Gasteiger partial charge in [0, 0.05) is 47.7 Å². The van der Waals surface area contributed by atoms with Crippen molar-refractivity contribution in [2.24, 2.45) is 0 Å². The fourth-order valence-electron chi connectivity index (χ4n) is 5.26. The van der Waals surface area contributed by atoms with Gasteiger partial charge in [0.05, 0.1) is 30.9 Å². The van der Waals surface area contributed by atoms with Gasteiger partial charge in [0.15, 0.2) is 0 Å². The van der Waals surface area contributed by atoms with Crippen molar-refractivity contribution in [3.63, 3.8) is 0 Å². The van der Waals surface area contributed by atoms with Crippen molar-refractivity contribution in [2.75, 3.05) is 14.2 Å². The average molecular weight is 507 g/mol. The standard InChI is InChI=1S/C32H34N4O2/c1-20-11-22(3)27-15-24(31(37-5)34-29(27)13-20)17-36(19-26-9-7-8-10-33-26)18-25-16-28-23(4)12-21(2)14-30(28)35-32(25)38-6/h7-16H,17-19H2,1-6H3. The lowest BCUT2D eigenvalue weighted by molar-refractivity contribution is 0.235. The first kappa shape index (κ1) is 25.6. The van der Waals surface area contributed by atoms with Crippen molar-refractivity contribution in [1.82, 2.24) is 19.9 Å². The minimum Gasteiger partial charge on any atom is -0.481 e. The largest absolute Gasteiger partial charge is 0.481 e. The maximum Gasteiger partial charge on any atom is 0.218 e. The first-order chi connectivity index (χ1) is 18.3. The summed E-state index contributed by atoms with van der Waals surface area (Å²) in [5.74, 6) is 1.28. The Labute approximate surface area is 224 Å². The monoisotopic (exact) mass is 506 g/mol. The van der Waals surface area contributed by atoms with E-state index in [1.807, 2.05) is 18.3 Å². The lowest BCUT2D eigenvalue weighted by atomic mass is 10.0. The van der Waals surface area contributed by atoms with Gasteiger partial charge in [-0.05, 0) is 86.3 Å². The van der Waals surface area contributed by atoms with E-state index in [4.69, 9.17) is 19.4 Å². The van der Waals surface area contributed by atoms with E-state index in [0.29, 0.717) is 31.4 Å². The Hall–Kier alpha value is -4.03. The van der Waals surface area contributed by atoms with Gasteiger partial charge in [0.2, 0.25) is 11.8 Å². The van der Waals surface area contributed by atoms with Crippen LogP contribution in [0, 0.1) is 27.7 Å². The molecule has 194 valence electrons. The molecule has 0 atom stereocenters. The Kier molecular flexibility index (Phi) is 7.25. The molecule has 0 aliphatic carbocycles. The summed E-state index contributed by atoms with van der Waals surface area (Å²) in [6, 6.07) is 19.0. The van der Waals surface area contributed by atoms with Crippen LogP contribution in [-0.4, -0.2) is 34.1 Å². The summed E-state index contributed by atoms with van der Waals surface area (Å²) in [6.07, 6.45) is 1.83. The molecule has 3 aromatic heterocycles. The predicted octanol–water partition coefficient (Wildman–Crippen LogP) is 6.63. The molecule has 38 heavy (non-hydrogen) atoms. The summed E-state index contributed by atoms with van der Waals surface area (Å²) < 4.78 is 11.5. The highest BCUT2D eigenvalue weighted by Crippen LogP contribution is 2.30. The highest BCUT2D eigenvalue weighted by Gasteiger charge is 2.18. The van der Waals surface area contributed by atoms with Crippen LogP contribution in [0.15, 0.2) is 60.8 Å². The summed E-state index contributed by atoms with van der Waals surface area (Å²) in [5, 5.41) is 2.28. The minimum absolute atomic E-state index is 0.629. The summed E-state index contributed by atoms with van der Waals surface area (Å²) in [4.78, 5) is 16.7. The fourth-order valence-corrected chi connectivity index (χ4v) is 5.26. The number of ether oxygens (including phenoxy) is 2. The molecule has 5 aromatic rings. The highest BCUT2D eigenvalue weighted by molar-refractivity contribution is 5.85. The van der Waals surface area contributed by atoms with Crippen molar-refractivity contribution in [1.29, 1.82) is 0 Å². The maximum absolute atomic E-state index is 5.77. The van der Waals surface area contributed by atoms with Crippen molar-refractivity contribution in [3.8, 4) is 11.8 Å². The molecule has 0 radical (unpaired) electrons. The highest BCUT2D eigenvalue weighted by atomic mass is 16.5. The average Bonchev–Trinajstić information content (AvgIpc) is 2.89. The van der Waals surface area contributed by atoms with Gasteiger partial charge in [-0.15, -0.1) is 0 Å². The van der Waals surface area contributed by atoms with Crippen molar-refractivity contribution < 1.29 is 9.47 Å². The number of aromatic nitrogens is 3. The summed E-state index contributed by atoms with van der Waals surface area (Å²) in [7, 11) is 3.37. The second-order valence-corrected chi connectivity index (χ2v) is 10.1. The number of nitrogens with zero attached hydrogens (tertiary/aromatic N) is 4. The number of fused-ring (bicyclic) bond motifs is 2. The predicted molar refractivity (Wildman–Crippen MR) is 153 cm³/mol. The molecule has 0 saturated heterocycles. The molecule has 6 heteroatoms. The molecule has 6 nitrogen and oxygen atoms in total. The summed E-state index contributed by atoms with van der Waals surface area (Å²) >= 11 is 0. The summed E-state index contributed by atoms with van der Waals surface area (Å²) in [6.45, 7) is 10.4. The van der Waals surface area contributed by atoms with Crippen LogP contribution in [0.5, 0.6) is 11.8 Å². The molecule has 0 fully saturated rings. The molecule has 0 N–H and O–H groups in total. The third-order valence-electron chi connectivity index (χ3n) is 6.94. The van der Waals surface area contributed by atoms with Gasteiger partial charge in [0.1, 0.15) is 0 Å². The molecule has 0 spiro atoms. The van der Waals surface area contributed by atoms with Gasteiger partial charge in [0.25, 0.3) is 0 Å². The third kappa shape index (κ3) is 5.31. The van der Waals surface area contributed by atoms with Crippen LogP contribution in [-0.2, 0) is 19.6 Å². The van der Waals surface area contributed by atoms with E-state index in [-0.39, 0.29) is 0 Å². The zero-order chi connectivity index (χ0) is 26.8. The zero-order valence-electron chi connectivity index (χ0n) is 23.0. The van der Waals surface area contributed by atoms with Gasteiger partial charge in [-0.2, -0.15) is 0 Å². The number of rotatable bonds is 8. The van der Waals surface area contributed by atoms with Crippen molar-refractivity contribution in [2.45, 2.75) is 47.3 Å². The van der Waals surface area contributed by atoms with E-state index in [9.17, 15) is 0 Å². The van der Waals surface area contributed by atoms with Crippen LogP contribution in [0.1, 0.15) is 39.1 Å². The molecule has 0 aliphatic rings. The Morgan fingerprint density at radius 3 is 1.63 bits per heavy atom. The first-order valence-corrected chi connectivity index (χ1v) is 12.9. The van der Waals surface area contributed by atoms with Gasteiger partial charge in [-0.1, -0.05) is 18.2 Å². The van der Waals surface area contributed by atoms with Gasteiger partial charge in [-0.3, -0.25) is 9.88 Å². The van der Waals surface area contributed by atoms with Crippen molar-refractivity contribution >= 4 is 21.8 Å². The molecular weight excluding hydrogens is 472 g/mol. The van der Waals surface area contributed by atoms with Crippen LogP contribution in [0.3, 0.4) is 0 Å². The molecule has 0 aliphatic heterocycles. The molecule has 2 aromatic carbocycles. The van der Waals surface area contributed by atoms with Crippen LogP contribution in [0.25, 0.3) is 21.8 Å².